The van der Waals surface area contributed by atoms with Gasteiger partial charge in [-0.2, -0.15) is 0 Å². The van der Waals surface area contributed by atoms with Gasteiger partial charge in [0.15, 0.2) is 0 Å². The highest BCUT2D eigenvalue weighted by atomic mass is 16.6. The first-order chi connectivity index (χ1) is 23.8. The smallest absolute Gasteiger partial charge is 0.407 e. The van der Waals surface area contributed by atoms with E-state index in [0.717, 1.165) is 27.8 Å². The summed E-state index contributed by atoms with van der Waals surface area (Å²) in [5.74, 6) is -2.25. The van der Waals surface area contributed by atoms with E-state index in [0.29, 0.717) is 12.8 Å². The molecular formula is C39H45N3O7. The second-order valence-corrected chi connectivity index (χ2v) is 11.9. The first-order valence-corrected chi connectivity index (χ1v) is 16.6. The highest BCUT2D eigenvalue weighted by Crippen LogP contribution is 2.44. The van der Waals surface area contributed by atoms with Crippen LogP contribution in [0.4, 0.5) is 4.79 Å². The van der Waals surface area contributed by atoms with E-state index in [2.05, 4.69) is 41.2 Å². The standard InChI is InChI=1S/C39H45N3O7/c1-3-5-20-35(42-39(47)49-26-34-32-18-11-9-16-30(32)31-17-10-12-19-33(31)34)38(46)48-22-21-40-37(45)28(13-4-2)24-36(44)41-29(25-43)23-27-14-7-6-8-15-27/h3-4,6-12,14-19,28-29,34-35,43H,1-2,5,13,20-26H2,(H,40,45)(H,41,44)(H,42,47)/t28-,29+,35-/m0/s1. The van der Waals surface area contributed by atoms with E-state index in [1.807, 2.05) is 66.7 Å². The summed E-state index contributed by atoms with van der Waals surface area (Å²) in [5.41, 5.74) is 5.35. The third-order valence-electron chi connectivity index (χ3n) is 8.39. The average Bonchev–Trinajstić information content (AvgIpc) is 3.44. The number of ether oxygens (including phenoxy) is 2. The van der Waals surface area contributed by atoms with Crippen molar-refractivity contribution in [3.05, 3.63) is 121 Å². The largest absolute Gasteiger partial charge is 0.462 e. The number of alkyl carbamates (subject to hydrolysis) is 1. The van der Waals surface area contributed by atoms with Gasteiger partial charge in [0.1, 0.15) is 19.3 Å². The Kier molecular flexibility index (Phi) is 14.2. The zero-order valence-corrected chi connectivity index (χ0v) is 27.6. The topological polar surface area (TPSA) is 143 Å². The fourth-order valence-corrected chi connectivity index (χ4v) is 5.94. The van der Waals surface area contributed by atoms with Crippen LogP contribution >= 0.6 is 0 Å². The van der Waals surface area contributed by atoms with Gasteiger partial charge >= 0.3 is 12.1 Å². The molecular weight excluding hydrogens is 622 g/mol. The van der Waals surface area contributed by atoms with Crippen molar-refractivity contribution in [2.24, 2.45) is 5.92 Å². The Labute approximate surface area is 287 Å². The Morgan fingerprint density at radius 1 is 0.837 bits per heavy atom. The second kappa shape index (κ2) is 18.9. The Bertz CT molecular complexity index is 1550. The monoisotopic (exact) mass is 667 g/mol. The highest BCUT2D eigenvalue weighted by Gasteiger charge is 2.30. The van der Waals surface area contributed by atoms with Gasteiger partial charge in [-0.3, -0.25) is 9.59 Å². The molecule has 4 N–H and O–H groups in total. The van der Waals surface area contributed by atoms with Crippen LogP contribution in [0.15, 0.2) is 104 Å². The van der Waals surface area contributed by atoms with Crippen LogP contribution in [-0.2, 0) is 30.3 Å². The van der Waals surface area contributed by atoms with Gasteiger partial charge in [0.05, 0.1) is 25.1 Å². The lowest BCUT2D eigenvalue weighted by molar-refractivity contribution is -0.146. The van der Waals surface area contributed by atoms with E-state index in [1.165, 1.54) is 0 Å². The van der Waals surface area contributed by atoms with Crippen molar-refractivity contribution in [2.45, 2.75) is 50.1 Å². The van der Waals surface area contributed by atoms with Crippen molar-refractivity contribution in [2.75, 3.05) is 26.4 Å². The highest BCUT2D eigenvalue weighted by molar-refractivity contribution is 5.86. The molecule has 0 unspecified atom stereocenters. The Balaban J connectivity index is 1.22. The number of hydrogen-bond acceptors (Lipinski definition) is 7. The van der Waals surface area contributed by atoms with Crippen molar-refractivity contribution in [3.8, 4) is 11.1 Å². The molecule has 10 nitrogen and oxygen atoms in total. The number of allylic oxidation sites excluding steroid dienone is 2. The quantitative estimate of drug-likeness (QED) is 0.0816. The SMILES string of the molecule is C=CCC[C@H](NC(=O)OCC1c2ccccc2-c2ccccc21)C(=O)OCCNC(=O)[C@@H](CC=C)CC(=O)N[C@@H](CO)Cc1ccccc1. The third-order valence-corrected chi connectivity index (χ3v) is 8.39. The number of esters is 1. The molecule has 10 heteroatoms. The molecule has 3 aromatic carbocycles. The minimum atomic E-state index is -0.975. The van der Waals surface area contributed by atoms with Crippen molar-refractivity contribution in [3.63, 3.8) is 0 Å². The molecule has 3 atom stereocenters. The van der Waals surface area contributed by atoms with Crippen LogP contribution in [0.1, 0.15) is 48.3 Å². The number of rotatable bonds is 19. The maximum absolute atomic E-state index is 12.9. The summed E-state index contributed by atoms with van der Waals surface area (Å²) in [4.78, 5) is 51.4. The number of carbonyl (C=O) groups is 4. The van der Waals surface area contributed by atoms with E-state index in [9.17, 15) is 24.3 Å². The fraction of sp³-hybridized carbons (Fsp3) is 0.333. The van der Waals surface area contributed by atoms with E-state index < -0.39 is 36.0 Å². The molecule has 0 aliphatic heterocycles. The molecule has 3 amide bonds. The molecule has 0 aromatic heterocycles. The number of hydrogen-bond donors (Lipinski definition) is 4. The number of benzene rings is 3. The lowest BCUT2D eigenvalue weighted by atomic mass is 9.98. The zero-order chi connectivity index (χ0) is 35.0. The van der Waals surface area contributed by atoms with Crippen LogP contribution < -0.4 is 16.0 Å². The Morgan fingerprint density at radius 3 is 2.12 bits per heavy atom. The predicted octanol–water partition coefficient (Wildman–Crippen LogP) is 4.82. The van der Waals surface area contributed by atoms with Gasteiger partial charge in [0.25, 0.3) is 0 Å². The molecule has 49 heavy (non-hydrogen) atoms. The van der Waals surface area contributed by atoms with Crippen LogP contribution in [0.3, 0.4) is 0 Å². The van der Waals surface area contributed by atoms with Gasteiger partial charge in [0, 0.05) is 12.3 Å². The first-order valence-electron chi connectivity index (χ1n) is 16.6. The number of carbonyl (C=O) groups excluding carboxylic acids is 4. The van der Waals surface area contributed by atoms with E-state index >= 15 is 0 Å². The van der Waals surface area contributed by atoms with Crippen LogP contribution in [-0.4, -0.2) is 67.4 Å². The summed E-state index contributed by atoms with van der Waals surface area (Å²) in [6.07, 6.45) is 3.79. The molecule has 0 heterocycles. The number of fused-ring (bicyclic) bond motifs is 3. The van der Waals surface area contributed by atoms with Gasteiger partial charge in [-0.05, 0) is 53.5 Å². The molecule has 258 valence electrons. The summed E-state index contributed by atoms with van der Waals surface area (Å²) < 4.78 is 11.0. The summed E-state index contributed by atoms with van der Waals surface area (Å²) in [6.45, 7) is 7.12. The molecule has 4 rings (SSSR count). The summed E-state index contributed by atoms with van der Waals surface area (Å²) in [6, 6.07) is 24.1. The van der Waals surface area contributed by atoms with Crippen molar-refractivity contribution in [1.29, 1.82) is 0 Å². The van der Waals surface area contributed by atoms with E-state index in [4.69, 9.17) is 9.47 Å². The second-order valence-electron chi connectivity index (χ2n) is 11.9. The number of amides is 3. The van der Waals surface area contributed by atoms with Gasteiger partial charge in [-0.25, -0.2) is 9.59 Å². The van der Waals surface area contributed by atoms with Crippen molar-refractivity contribution >= 4 is 23.9 Å². The van der Waals surface area contributed by atoms with Crippen molar-refractivity contribution < 1.29 is 33.8 Å². The zero-order valence-electron chi connectivity index (χ0n) is 27.6. The van der Waals surface area contributed by atoms with Gasteiger partial charge in [0.2, 0.25) is 11.8 Å². The lowest BCUT2D eigenvalue weighted by Crippen LogP contribution is -2.43. The molecule has 0 saturated carbocycles. The lowest BCUT2D eigenvalue weighted by Gasteiger charge is -2.20. The third kappa shape index (κ3) is 10.6. The van der Waals surface area contributed by atoms with Crippen LogP contribution in [0.25, 0.3) is 11.1 Å². The average molecular weight is 668 g/mol. The van der Waals surface area contributed by atoms with E-state index in [-0.39, 0.29) is 57.5 Å². The number of nitrogens with one attached hydrogen (secondary N) is 3. The maximum Gasteiger partial charge on any atom is 0.407 e. The van der Waals surface area contributed by atoms with Gasteiger partial charge < -0.3 is 30.5 Å². The van der Waals surface area contributed by atoms with E-state index in [1.54, 1.807) is 12.2 Å². The normalized spacial score (nSPS) is 13.5. The van der Waals surface area contributed by atoms with Gasteiger partial charge in [-0.1, -0.05) is 91.0 Å². The molecule has 0 radical (unpaired) electrons. The summed E-state index contributed by atoms with van der Waals surface area (Å²) in [7, 11) is 0. The van der Waals surface area contributed by atoms with Crippen LogP contribution in [0.2, 0.25) is 0 Å². The van der Waals surface area contributed by atoms with Crippen LogP contribution in [0, 0.1) is 5.92 Å². The van der Waals surface area contributed by atoms with Crippen LogP contribution in [0.5, 0.6) is 0 Å². The molecule has 0 spiro atoms. The number of aliphatic hydroxyl groups excluding tert-OH is 1. The van der Waals surface area contributed by atoms with Gasteiger partial charge in [-0.15, -0.1) is 13.2 Å². The molecule has 0 fully saturated rings. The molecule has 3 aromatic rings. The molecule has 0 saturated heterocycles. The summed E-state index contributed by atoms with van der Waals surface area (Å²) in [5, 5.41) is 17.9. The maximum atomic E-state index is 12.9. The predicted molar refractivity (Wildman–Crippen MR) is 187 cm³/mol. The number of aliphatic hydroxyl groups is 1. The Hall–Kier alpha value is -5.22. The fourth-order valence-electron chi connectivity index (χ4n) is 5.94. The Morgan fingerprint density at radius 2 is 1.49 bits per heavy atom. The first kappa shape index (κ1) is 36.6. The summed E-state index contributed by atoms with van der Waals surface area (Å²) >= 11 is 0. The molecule has 1 aliphatic carbocycles. The molecule has 0 bridgehead atoms. The van der Waals surface area contributed by atoms with Crippen molar-refractivity contribution in [1.82, 2.24) is 16.0 Å². The minimum Gasteiger partial charge on any atom is -0.462 e. The minimum absolute atomic E-state index is 0.00618. The molecule has 1 aliphatic rings.